The van der Waals surface area contributed by atoms with Gasteiger partial charge in [0, 0.05) is 28.7 Å². The average molecular weight is 483 g/mol. The third-order valence-corrected chi connectivity index (χ3v) is 13.1. The fraction of sp³-hybridized carbons (Fsp3) is 0.839. The van der Waals surface area contributed by atoms with Crippen molar-refractivity contribution < 1.29 is 19.5 Å². The number of rotatable bonds is 1. The van der Waals surface area contributed by atoms with Gasteiger partial charge in [-0.25, -0.2) is 0 Å². The highest BCUT2D eigenvalue weighted by atomic mass is 16.2. The Labute approximate surface area is 211 Å². The predicted molar refractivity (Wildman–Crippen MR) is 137 cm³/mol. The Morgan fingerprint density at radius 2 is 1.51 bits per heavy atom. The minimum absolute atomic E-state index is 0.0372. The number of aliphatic hydroxyl groups is 1. The van der Waals surface area contributed by atoms with Crippen molar-refractivity contribution in [1.82, 2.24) is 0 Å². The van der Waals surface area contributed by atoms with Crippen LogP contribution in [0.25, 0.3) is 0 Å². The maximum atomic E-state index is 14.3. The van der Waals surface area contributed by atoms with Crippen LogP contribution in [0.4, 0.5) is 0 Å². The molecule has 5 saturated carbocycles. The first-order chi connectivity index (χ1) is 16.1. The summed E-state index contributed by atoms with van der Waals surface area (Å²) in [6, 6.07) is 0. The Morgan fingerprint density at radius 1 is 0.857 bits per heavy atom. The second-order valence-electron chi connectivity index (χ2n) is 15.3. The lowest BCUT2D eigenvalue weighted by Gasteiger charge is -2.72. The molecule has 0 unspecified atom stereocenters. The van der Waals surface area contributed by atoms with Crippen LogP contribution < -0.4 is 0 Å². The molecule has 5 rings (SSSR count). The van der Waals surface area contributed by atoms with Crippen molar-refractivity contribution in [3.05, 3.63) is 11.8 Å². The summed E-state index contributed by atoms with van der Waals surface area (Å²) in [5, 5.41) is 10.00. The molecule has 5 fully saturated rings. The second-order valence-corrected chi connectivity index (χ2v) is 15.3. The van der Waals surface area contributed by atoms with Gasteiger partial charge >= 0.3 is 0 Å². The maximum Gasteiger partial charge on any atom is 0.167 e. The lowest BCUT2D eigenvalue weighted by atomic mass is 9.31. The second kappa shape index (κ2) is 7.32. The van der Waals surface area contributed by atoms with E-state index in [0.717, 1.165) is 51.2 Å². The molecule has 194 valence electrons. The van der Waals surface area contributed by atoms with E-state index < -0.39 is 5.41 Å². The number of fused-ring (bicyclic) bond motifs is 7. The first-order valence-corrected chi connectivity index (χ1v) is 14.0. The van der Waals surface area contributed by atoms with Gasteiger partial charge in [0.25, 0.3) is 0 Å². The molecule has 0 aromatic carbocycles. The van der Waals surface area contributed by atoms with E-state index in [1.165, 1.54) is 6.29 Å². The van der Waals surface area contributed by atoms with Crippen molar-refractivity contribution in [2.24, 2.45) is 56.2 Å². The number of hydrogen-bond donors (Lipinski definition) is 1. The first kappa shape index (κ1) is 25.2. The van der Waals surface area contributed by atoms with E-state index in [-0.39, 0.29) is 56.5 Å². The minimum atomic E-state index is -0.545. The minimum Gasteiger partial charge on any atom is -0.515 e. The monoisotopic (exact) mass is 482 g/mol. The average Bonchev–Trinajstić information content (AvgIpc) is 2.77. The molecule has 0 spiro atoms. The van der Waals surface area contributed by atoms with Gasteiger partial charge in [-0.3, -0.25) is 9.59 Å². The van der Waals surface area contributed by atoms with E-state index in [9.17, 15) is 19.5 Å². The Kier molecular flexibility index (Phi) is 5.27. The molecule has 0 amide bonds. The van der Waals surface area contributed by atoms with Crippen LogP contribution in [-0.4, -0.2) is 23.0 Å². The molecule has 8 atom stereocenters. The largest absolute Gasteiger partial charge is 0.515 e. The van der Waals surface area contributed by atoms with Crippen molar-refractivity contribution in [1.29, 1.82) is 0 Å². The molecule has 0 aromatic rings. The molecule has 5 aliphatic carbocycles. The van der Waals surface area contributed by atoms with Crippen LogP contribution in [0.15, 0.2) is 11.8 Å². The summed E-state index contributed by atoms with van der Waals surface area (Å²) in [5.41, 5.74) is -0.609. The number of carbonyl (C=O) groups is 3. The van der Waals surface area contributed by atoms with E-state index in [1.807, 2.05) is 13.8 Å². The van der Waals surface area contributed by atoms with Gasteiger partial charge < -0.3 is 9.90 Å². The zero-order chi connectivity index (χ0) is 25.8. The van der Waals surface area contributed by atoms with Crippen LogP contribution in [0, 0.1) is 56.2 Å². The van der Waals surface area contributed by atoms with Crippen LogP contribution in [-0.2, 0) is 14.4 Å². The molecule has 1 N–H and O–H groups in total. The summed E-state index contributed by atoms with van der Waals surface area (Å²) in [5.74, 6) is 0.864. The number of allylic oxidation sites excluding steroid dienone is 1. The molecule has 0 saturated heterocycles. The molecule has 0 aromatic heterocycles. The van der Waals surface area contributed by atoms with Crippen molar-refractivity contribution in [2.45, 2.75) is 106 Å². The van der Waals surface area contributed by atoms with Crippen LogP contribution >= 0.6 is 0 Å². The normalized spacial score (nSPS) is 51.6. The van der Waals surface area contributed by atoms with Crippen LogP contribution in [0.2, 0.25) is 0 Å². The summed E-state index contributed by atoms with van der Waals surface area (Å²) in [6.07, 6.45) is 10.1. The van der Waals surface area contributed by atoms with Crippen LogP contribution in [0.5, 0.6) is 0 Å². The van der Waals surface area contributed by atoms with Crippen molar-refractivity contribution in [2.75, 3.05) is 0 Å². The van der Waals surface area contributed by atoms with Gasteiger partial charge in [0.15, 0.2) is 5.78 Å². The quantitative estimate of drug-likeness (QED) is 0.251. The standard InChI is InChI=1S/C31H46O4/c1-26(2)10-12-31(18-33)13-11-30(7)24(20(31)16-26)21(34)14-23-28(5)15-19(17-32)25(35)27(3,4)22(28)8-9-29(23,30)6/h17-18,20,22-24,32H,8-16H2,1-7H3/b19-17+/t20-,22-,23+,24-,28-,29+,30+,31+/m0/s1. The Bertz CT molecular complexity index is 1010. The first-order valence-electron chi connectivity index (χ1n) is 14.0. The van der Waals surface area contributed by atoms with E-state index in [0.29, 0.717) is 24.2 Å². The van der Waals surface area contributed by atoms with Gasteiger partial charge in [0.05, 0.1) is 6.26 Å². The highest BCUT2D eigenvalue weighted by Crippen LogP contribution is 2.76. The van der Waals surface area contributed by atoms with Crippen molar-refractivity contribution in [3.63, 3.8) is 0 Å². The highest BCUT2D eigenvalue weighted by Gasteiger charge is 2.72. The van der Waals surface area contributed by atoms with Gasteiger partial charge in [0.1, 0.15) is 12.1 Å². The third kappa shape index (κ3) is 3.00. The van der Waals surface area contributed by atoms with Gasteiger partial charge in [0.2, 0.25) is 0 Å². The van der Waals surface area contributed by atoms with Crippen molar-refractivity contribution in [3.8, 4) is 0 Å². The number of aldehydes is 1. The van der Waals surface area contributed by atoms with E-state index in [2.05, 4.69) is 34.6 Å². The van der Waals surface area contributed by atoms with Gasteiger partial charge in [-0.2, -0.15) is 0 Å². The third-order valence-electron chi connectivity index (χ3n) is 13.1. The summed E-state index contributed by atoms with van der Waals surface area (Å²) < 4.78 is 0. The molecule has 4 nitrogen and oxygen atoms in total. The van der Waals surface area contributed by atoms with E-state index in [4.69, 9.17) is 0 Å². The Morgan fingerprint density at radius 3 is 2.14 bits per heavy atom. The van der Waals surface area contributed by atoms with Crippen LogP contribution in [0.3, 0.4) is 0 Å². The molecular formula is C31H46O4. The van der Waals surface area contributed by atoms with Gasteiger partial charge in [-0.05, 0) is 90.8 Å². The molecule has 0 heterocycles. The lowest BCUT2D eigenvalue weighted by Crippen LogP contribution is -2.69. The highest BCUT2D eigenvalue weighted by molar-refractivity contribution is 6.00. The van der Waals surface area contributed by atoms with Crippen LogP contribution in [0.1, 0.15) is 106 Å². The fourth-order valence-electron chi connectivity index (χ4n) is 10.9. The predicted octanol–water partition coefficient (Wildman–Crippen LogP) is 6.87. The number of ketones is 2. The summed E-state index contributed by atoms with van der Waals surface area (Å²) in [6.45, 7) is 15.8. The Balaban J connectivity index is 1.61. The maximum absolute atomic E-state index is 14.3. The van der Waals surface area contributed by atoms with Gasteiger partial charge in [-0.15, -0.1) is 0 Å². The molecule has 4 heteroatoms. The van der Waals surface area contributed by atoms with Crippen molar-refractivity contribution >= 4 is 17.9 Å². The summed E-state index contributed by atoms with van der Waals surface area (Å²) in [7, 11) is 0. The lowest BCUT2D eigenvalue weighted by molar-refractivity contribution is -0.228. The summed E-state index contributed by atoms with van der Waals surface area (Å²) in [4.78, 5) is 40.1. The molecule has 5 aliphatic rings. The molecule has 35 heavy (non-hydrogen) atoms. The number of carbonyl (C=O) groups excluding carboxylic acids is 3. The number of hydrogen-bond acceptors (Lipinski definition) is 4. The number of Topliss-reactive ketones (excluding diaryl/α,β-unsaturated/α-hetero) is 2. The topological polar surface area (TPSA) is 71.4 Å². The molecule has 0 bridgehead atoms. The molecule has 0 radical (unpaired) electrons. The van der Waals surface area contributed by atoms with Gasteiger partial charge in [-0.1, -0.05) is 48.5 Å². The smallest absolute Gasteiger partial charge is 0.167 e. The summed E-state index contributed by atoms with van der Waals surface area (Å²) >= 11 is 0. The zero-order valence-corrected chi connectivity index (χ0v) is 23.0. The molecule has 0 aliphatic heterocycles. The Hall–Kier alpha value is -1.45. The van der Waals surface area contributed by atoms with E-state index >= 15 is 0 Å². The zero-order valence-electron chi connectivity index (χ0n) is 23.0. The number of aliphatic hydroxyl groups excluding tert-OH is 1. The van der Waals surface area contributed by atoms with E-state index in [1.54, 1.807) is 0 Å². The molecular weight excluding hydrogens is 436 g/mol. The SMILES string of the molecule is CC1(C)CC[C@]2(C=O)CC[C@]3(C)[C@H](C(=O)C[C@@H]4[C@@]5(C)C/C(=C\O)C(=O)C(C)(C)[C@@H]5CC[C@]43C)[C@@H]2C1. The fourth-order valence-corrected chi connectivity index (χ4v) is 10.9.